The largest absolute Gasteiger partial charge is 0.452 e. The first-order valence-electron chi connectivity index (χ1n) is 7.44. The molecule has 0 aliphatic rings. The number of halogens is 3. The Bertz CT molecular complexity index is 965. The number of hydrogen-bond donors (Lipinski definition) is 1. The number of esters is 1. The molecule has 2 rings (SSSR count). The molecule has 0 heterocycles. The second kappa shape index (κ2) is 8.17. The molecule has 11 heteroatoms. The van der Waals surface area contributed by atoms with Crippen LogP contribution < -0.4 is 5.32 Å². The third kappa shape index (κ3) is 5.04. The number of carbonyl (C=O) groups excluding carboxylic acids is 2. The lowest BCUT2D eigenvalue weighted by atomic mass is 10.1. The second-order valence-corrected chi connectivity index (χ2v) is 5.30. The number of nitrogens with one attached hydrogen (secondary N) is 1. The number of non-ortho nitro benzene ring substituents is 1. The van der Waals surface area contributed by atoms with Crippen molar-refractivity contribution in [2.75, 3.05) is 11.9 Å². The molecule has 8 nitrogen and oxygen atoms in total. The number of rotatable bonds is 5. The van der Waals surface area contributed by atoms with Gasteiger partial charge in [-0.05, 0) is 30.3 Å². The molecule has 144 valence electrons. The predicted octanol–water partition coefficient (Wildman–Crippen LogP) is 3.28. The molecule has 0 saturated heterocycles. The van der Waals surface area contributed by atoms with E-state index in [0.29, 0.717) is 12.1 Å². The van der Waals surface area contributed by atoms with Gasteiger partial charge < -0.3 is 10.1 Å². The molecular weight excluding hydrogens is 383 g/mol. The average Bonchev–Trinajstić information content (AvgIpc) is 2.65. The summed E-state index contributed by atoms with van der Waals surface area (Å²) in [5.41, 5.74) is -1.67. The first kappa shape index (κ1) is 20.4. The first-order chi connectivity index (χ1) is 13.1. The molecular formula is C17H10F3N3O5. The normalized spacial score (nSPS) is 10.6. The second-order valence-electron chi connectivity index (χ2n) is 5.30. The van der Waals surface area contributed by atoms with Gasteiger partial charge in [0.1, 0.15) is 6.07 Å². The molecule has 0 aliphatic heterocycles. The van der Waals surface area contributed by atoms with Crippen molar-refractivity contribution in [3.8, 4) is 6.07 Å². The van der Waals surface area contributed by atoms with Crippen LogP contribution in [0.4, 0.5) is 24.5 Å². The summed E-state index contributed by atoms with van der Waals surface area (Å²) in [7, 11) is 0. The number of alkyl halides is 3. The van der Waals surface area contributed by atoms with Crippen molar-refractivity contribution in [1.29, 1.82) is 5.26 Å². The van der Waals surface area contributed by atoms with Crippen LogP contribution in [0.3, 0.4) is 0 Å². The molecule has 0 bridgehead atoms. The lowest BCUT2D eigenvalue weighted by Crippen LogP contribution is -2.21. The van der Waals surface area contributed by atoms with Gasteiger partial charge in [-0.25, -0.2) is 4.79 Å². The molecule has 0 aromatic heterocycles. The summed E-state index contributed by atoms with van der Waals surface area (Å²) in [5.74, 6) is -1.86. The van der Waals surface area contributed by atoms with Gasteiger partial charge >= 0.3 is 12.1 Å². The van der Waals surface area contributed by atoms with E-state index in [4.69, 9.17) is 10.00 Å². The molecule has 0 atom stereocenters. The summed E-state index contributed by atoms with van der Waals surface area (Å²) in [6.07, 6.45) is -4.55. The van der Waals surface area contributed by atoms with Gasteiger partial charge in [0, 0.05) is 12.1 Å². The van der Waals surface area contributed by atoms with Crippen molar-refractivity contribution >= 4 is 23.3 Å². The van der Waals surface area contributed by atoms with Crippen LogP contribution in [0.25, 0.3) is 0 Å². The highest BCUT2D eigenvalue weighted by Gasteiger charge is 2.30. The highest BCUT2D eigenvalue weighted by Crippen LogP contribution is 2.29. The minimum Gasteiger partial charge on any atom is -0.452 e. The average molecular weight is 393 g/mol. The molecule has 2 aromatic rings. The van der Waals surface area contributed by atoms with Crippen LogP contribution in [0, 0.1) is 21.4 Å². The van der Waals surface area contributed by atoms with E-state index in [0.717, 1.165) is 30.3 Å². The van der Waals surface area contributed by atoms with Crippen LogP contribution in [0.1, 0.15) is 21.5 Å². The van der Waals surface area contributed by atoms with Crippen molar-refractivity contribution in [3.05, 3.63) is 69.3 Å². The van der Waals surface area contributed by atoms with Crippen LogP contribution in [-0.2, 0) is 15.7 Å². The van der Waals surface area contributed by atoms with Crippen LogP contribution in [0.2, 0.25) is 0 Å². The minimum atomic E-state index is -4.55. The number of amides is 1. The fraction of sp³-hybridized carbons (Fsp3) is 0.118. The Morgan fingerprint density at radius 2 is 1.82 bits per heavy atom. The molecule has 1 N–H and O–H groups in total. The Hall–Kier alpha value is -3.94. The fourth-order valence-electron chi connectivity index (χ4n) is 2.04. The lowest BCUT2D eigenvalue weighted by molar-refractivity contribution is -0.384. The zero-order valence-electron chi connectivity index (χ0n) is 13.8. The summed E-state index contributed by atoms with van der Waals surface area (Å²) < 4.78 is 42.1. The highest BCUT2D eigenvalue weighted by molar-refractivity contribution is 5.96. The number of ether oxygens (including phenoxy) is 1. The maximum atomic E-state index is 12.5. The van der Waals surface area contributed by atoms with Crippen molar-refractivity contribution in [2.45, 2.75) is 6.18 Å². The van der Waals surface area contributed by atoms with Gasteiger partial charge in [-0.3, -0.25) is 14.9 Å². The van der Waals surface area contributed by atoms with Crippen molar-refractivity contribution in [1.82, 2.24) is 0 Å². The Kier molecular flexibility index (Phi) is 5.95. The molecule has 2 aromatic carbocycles. The summed E-state index contributed by atoms with van der Waals surface area (Å²) in [5, 5.41) is 21.9. The van der Waals surface area contributed by atoms with E-state index in [1.54, 1.807) is 6.07 Å². The Labute approximate surface area is 155 Å². The van der Waals surface area contributed by atoms with Crippen LogP contribution in [0.15, 0.2) is 42.5 Å². The Balaban J connectivity index is 1.98. The smallest absolute Gasteiger partial charge is 0.416 e. The molecule has 28 heavy (non-hydrogen) atoms. The van der Waals surface area contributed by atoms with Gasteiger partial charge in [0.2, 0.25) is 0 Å². The van der Waals surface area contributed by atoms with Crippen molar-refractivity contribution in [2.24, 2.45) is 0 Å². The SMILES string of the molecule is N#Cc1cc([N+](=O)[O-])ccc1NC(=O)COC(=O)c1ccc(C(F)(F)F)cc1. The van der Waals surface area contributed by atoms with Crippen molar-refractivity contribution < 1.29 is 32.4 Å². The number of anilines is 1. The summed E-state index contributed by atoms with van der Waals surface area (Å²) in [6.45, 7) is -0.776. The van der Waals surface area contributed by atoms with E-state index in [9.17, 15) is 32.9 Å². The minimum absolute atomic E-state index is 0.0244. The fourth-order valence-corrected chi connectivity index (χ4v) is 2.04. The molecule has 0 aliphatic carbocycles. The lowest BCUT2D eigenvalue weighted by Gasteiger charge is -2.09. The van der Waals surface area contributed by atoms with Gasteiger partial charge in [-0.1, -0.05) is 0 Å². The summed E-state index contributed by atoms with van der Waals surface area (Å²) >= 11 is 0. The van der Waals surface area contributed by atoms with Crippen LogP contribution in [-0.4, -0.2) is 23.4 Å². The maximum absolute atomic E-state index is 12.5. The van der Waals surface area contributed by atoms with Gasteiger partial charge in [0.15, 0.2) is 6.61 Å². The number of nitriles is 1. The van der Waals surface area contributed by atoms with Crippen LogP contribution in [0.5, 0.6) is 0 Å². The molecule has 1 amide bonds. The van der Waals surface area contributed by atoms with Gasteiger partial charge in [0.05, 0.1) is 27.3 Å². The Morgan fingerprint density at radius 3 is 2.36 bits per heavy atom. The maximum Gasteiger partial charge on any atom is 0.416 e. The zero-order valence-corrected chi connectivity index (χ0v) is 13.8. The zero-order chi connectivity index (χ0) is 20.9. The van der Waals surface area contributed by atoms with E-state index in [-0.39, 0.29) is 22.5 Å². The molecule has 0 radical (unpaired) electrons. The van der Waals surface area contributed by atoms with Crippen molar-refractivity contribution in [3.63, 3.8) is 0 Å². The summed E-state index contributed by atoms with van der Waals surface area (Å²) in [4.78, 5) is 33.6. The van der Waals surface area contributed by atoms with Gasteiger partial charge in [-0.15, -0.1) is 0 Å². The van der Waals surface area contributed by atoms with E-state index in [1.165, 1.54) is 0 Å². The van der Waals surface area contributed by atoms with E-state index in [1.807, 2.05) is 0 Å². The summed E-state index contributed by atoms with van der Waals surface area (Å²) in [6, 6.07) is 8.09. The highest BCUT2D eigenvalue weighted by atomic mass is 19.4. The predicted molar refractivity (Wildman–Crippen MR) is 88.2 cm³/mol. The monoisotopic (exact) mass is 393 g/mol. The standard InChI is InChI=1S/C17H10F3N3O5/c18-17(19,20)12-3-1-10(2-4-12)16(25)28-9-15(24)22-14-6-5-13(23(26)27)7-11(14)8-21/h1-7H,9H2,(H,22,24). The quantitative estimate of drug-likeness (QED) is 0.473. The van der Waals surface area contributed by atoms with E-state index < -0.39 is 35.1 Å². The molecule has 0 saturated carbocycles. The van der Waals surface area contributed by atoms with Crippen LogP contribution >= 0.6 is 0 Å². The number of benzene rings is 2. The number of hydrogen-bond acceptors (Lipinski definition) is 6. The molecule has 0 unspecified atom stereocenters. The van der Waals surface area contributed by atoms with Gasteiger partial charge in [0.25, 0.3) is 11.6 Å². The topological polar surface area (TPSA) is 122 Å². The third-order valence-electron chi connectivity index (χ3n) is 3.39. The van der Waals surface area contributed by atoms with E-state index >= 15 is 0 Å². The molecule has 0 fully saturated rings. The van der Waals surface area contributed by atoms with Gasteiger partial charge in [-0.2, -0.15) is 18.4 Å². The van der Waals surface area contributed by atoms with E-state index in [2.05, 4.69) is 5.32 Å². The molecule has 0 spiro atoms. The number of carbonyl (C=O) groups is 2. The first-order valence-corrected chi connectivity index (χ1v) is 7.44. The number of nitro groups is 1. The third-order valence-corrected chi connectivity index (χ3v) is 3.39. The Morgan fingerprint density at radius 1 is 1.18 bits per heavy atom. The number of nitrogens with zero attached hydrogens (tertiary/aromatic N) is 2. The number of nitro benzene ring substituents is 1.